The number of hydrogen-bond acceptors (Lipinski definition) is 6. The Kier molecular flexibility index (Phi) is 7.78. The molecule has 0 aromatic heterocycles. The molecule has 1 aromatic carbocycles. The zero-order valence-electron chi connectivity index (χ0n) is 17.6. The highest BCUT2D eigenvalue weighted by atomic mass is 16.6. The average molecular weight is 391 g/mol. The molecule has 0 saturated carbocycles. The fraction of sp³-hybridized carbons (Fsp3) is 0.476. The summed E-state index contributed by atoms with van der Waals surface area (Å²) in [6, 6.07) is 6.72. The highest BCUT2D eigenvalue weighted by Crippen LogP contribution is 2.15. The van der Waals surface area contributed by atoms with E-state index in [2.05, 4.69) is 4.74 Å². The minimum Gasteiger partial charge on any atom is -0.465 e. The molecule has 7 heteroatoms. The van der Waals surface area contributed by atoms with Crippen molar-refractivity contribution < 1.29 is 28.6 Å². The van der Waals surface area contributed by atoms with Gasteiger partial charge in [0, 0.05) is 0 Å². The third kappa shape index (κ3) is 8.24. The molecule has 0 saturated heterocycles. The van der Waals surface area contributed by atoms with Gasteiger partial charge in [-0.1, -0.05) is 24.3 Å². The molecule has 1 rings (SSSR count). The van der Waals surface area contributed by atoms with Crippen LogP contribution in [0.4, 0.5) is 9.59 Å². The summed E-state index contributed by atoms with van der Waals surface area (Å²) in [4.78, 5) is 37.2. The van der Waals surface area contributed by atoms with Crippen LogP contribution in [0.25, 0.3) is 6.08 Å². The van der Waals surface area contributed by atoms with Gasteiger partial charge in [-0.2, -0.15) is 0 Å². The molecule has 0 aliphatic heterocycles. The normalized spacial score (nSPS) is 11.8. The number of benzene rings is 1. The van der Waals surface area contributed by atoms with Crippen LogP contribution in [-0.2, 0) is 14.2 Å². The van der Waals surface area contributed by atoms with Crippen molar-refractivity contribution in [1.82, 2.24) is 4.90 Å². The van der Waals surface area contributed by atoms with Gasteiger partial charge in [-0.25, -0.2) is 19.3 Å². The van der Waals surface area contributed by atoms with Crippen LogP contribution in [0, 0.1) is 0 Å². The van der Waals surface area contributed by atoms with Crippen LogP contribution in [0.2, 0.25) is 0 Å². The Morgan fingerprint density at radius 2 is 1.36 bits per heavy atom. The van der Waals surface area contributed by atoms with Gasteiger partial charge in [-0.3, -0.25) is 0 Å². The largest absolute Gasteiger partial charge is 0.465 e. The van der Waals surface area contributed by atoms with Gasteiger partial charge in [0.25, 0.3) is 0 Å². The second-order valence-corrected chi connectivity index (χ2v) is 8.09. The molecule has 28 heavy (non-hydrogen) atoms. The summed E-state index contributed by atoms with van der Waals surface area (Å²) in [7, 11) is 1.32. The highest BCUT2D eigenvalue weighted by molar-refractivity contribution is 5.89. The Morgan fingerprint density at radius 3 is 1.75 bits per heavy atom. The van der Waals surface area contributed by atoms with Crippen molar-refractivity contribution in [2.75, 3.05) is 13.7 Å². The van der Waals surface area contributed by atoms with Crippen molar-refractivity contribution in [1.29, 1.82) is 0 Å². The molecule has 0 aliphatic carbocycles. The van der Waals surface area contributed by atoms with E-state index in [0.717, 1.165) is 10.5 Å². The van der Waals surface area contributed by atoms with Crippen LogP contribution in [0.5, 0.6) is 0 Å². The molecule has 0 fully saturated rings. The van der Waals surface area contributed by atoms with E-state index in [1.54, 1.807) is 78.0 Å². The van der Waals surface area contributed by atoms with Crippen molar-refractivity contribution in [2.45, 2.75) is 52.7 Å². The first-order valence-electron chi connectivity index (χ1n) is 8.91. The molecule has 2 amide bonds. The number of hydrogen-bond donors (Lipinski definition) is 0. The van der Waals surface area contributed by atoms with Gasteiger partial charge in [-0.05, 0) is 59.2 Å². The number of carbonyl (C=O) groups is 3. The predicted molar refractivity (Wildman–Crippen MR) is 106 cm³/mol. The van der Waals surface area contributed by atoms with E-state index in [4.69, 9.17) is 9.47 Å². The Balaban J connectivity index is 2.90. The maximum atomic E-state index is 12.4. The van der Waals surface area contributed by atoms with E-state index in [9.17, 15) is 14.4 Å². The van der Waals surface area contributed by atoms with Crippen LogP contribution in [-0.4, -0.2) is 47.9 Å². The number of imide groups is 1. The number of nitrogens with zero attached hydrogens (tertiary/aromatic N) is 1. The minimum absolute atomic E-state index is 0.0252. The maximum absolute atomic E-state index is 12.4. The summed E-state index contributed by atoms with van der Waals surface area (Å²) < 4.78 is 15.2. The van der Waals surface area contributed by atoms with Gasteiger partial charge in [0.1, 0.15) is 11.2 Å². The molecular formula is C21H29NO6. The molecule has 0 spiro atoms. The van der Waals surface area contributed by atoms with Gasteiger partial charge in [0.05, 0.1) is 19.2 Å². The van der Waals surface area contributed by atoms with Gasteiger partial charge < -0.3 is 14.2 Å². The van der Waals surface area contributed by atoms with E-state index < -0.39 is 29.4 Å². The average Bonchev–Trinajstić information content (AvgIpc) is 2.55. The summed E-state index contributed by atoms with van der Waals surface area (Å²) in [5, 5.41) is 0. The molecule has 0 atom stereocenters. The number of esters is 1. The monoisotopic (exact) mass is 391 g/mol. The number of carbonyl (C=O) groups excluding carboxylic acids is 3. The van der Waals surface area contributed by atoms with E-state index >= 15 is 0 Å². The Hall–Kier alpha value is -2.83. The lowest BCUT2D eigenvalue weighted by Crippen LogP contribution is -2.43. The summed E-state index contributed by atoms with van der Waals surface area (Å²) in [5.74, 6) is -0.420. The topological polar surface area (TPSA) is 82.1 Å². The Labute approximate surface area is 166 Å². The first-order valence-corrected chi connectivity index (χ1v) is 8.91. The van der Waals surface area contributed by atoms with Crippen LogP contribution in [0.3, 0.4) is 0 Å². The Bertz CT molecular complexity index is 695. The fourth-order valence-electron chi connectivity index (χ4n) is 2.00. The summed E-state index contributed by atoms with van der Waals surface area (Å²) in [6.07, 6.45) is 1.80. The zero-order chi connectivity index (χ0) is 21.5. The Morgan fingerprint density at radius 1 is 0.893 bits per heavy atom. The van der Waals surface area contributed by atoms with Crippen LogP contribution in [0.15, 0.2) is 30.3 Å². The van der Waals surface area contributed by atoms with E-state index in [1.807, 2.05) is 0 Å². The zero-order valence-corrected chi connectivity index (χ0v) is 17.6. The second-order valence-electron chi connectivity index (χ2n) is 8.09. The van der Waals surface area contributed by atoms with Crippen molar-refractivity contribution in [3.63, 3.8) is 0 Å². The maximum Gasteiger partial charge on any atom is 0.420 e. The van der Waals surface area contributed by atoms with Crippen molar-refractivity contribution in [3.05, 3.63) is 41.5 Å². The van der Waals surface area contributed by atoms with Crippen molar-refractivity contribution in [2.24, 2.45) is 0 Å². The van der Waals surface area contributed by atoms with Gasteiger partial charge >= 0.3 is 18.2 Å². The number of methoxy groups -OCH3 is 1. The molecule has 154 valence electrons. The second kappa shape index (κ2) is 9.39. The van der Waals surface area contributed by atoms with Crippen LogP contribution in [0.1, 0.15) is 57.5 Å². The van der Waals surface area contributed by atoms with Gasteiger partial charge in [0.15, 0.2) is 0 Å². The van der Waals surface area contributed by atoms with Crippen LogP contribution < -0.4 is 0 Å². The third-order valence-corrected chi connectivity index (χ3v) is 3.16. The molecule has 0 radical (unpaired) electrons. The van der Waals surface area contributed by atoms with E-state index in [1.165, 1.54) is 7.11 Å². The molecule has 0 unspecified atom stereocenters. The van der Waals surface area contributed by atoms with E-state index in [0.29, 0.717) is 5.56 Å². The lowest BCUT2D eigenvalue weighted by atomic mass is 10.1. The SMILES string of the molecule is COC(=O)c1ccc(/C=C/CN(C(=O)OC(C)(C)C)C(=O)OC(C)(C)C)cc1. The number of rotatable bonds is 4. The quantitative estimate of drug-likeness (QED) is 0.548. The first-order chi connectivity index (χ1) is 12.8. The molecule has 0 aliphatic rings. The number of amides is 2. The molecular weight excluding hydrogens is 362 g/mol. The molecule has 0 heterocycles. The van der Waals surface area contributed by atoms with Gasteiger partial charge in [-0.15, -0.1) is 0 Å². The fourth-order valence-corrected chi connectivity index (χ4v) is 2.00. The summed E-state index contributed by atoms with van der Waals surface area (Å²) in [6.45, 7) is 10.3. The summed E-state index contributed by atoms with van der Waals surface area (Å²) in [5.41, 5.74) is -0.264. The van der Waals surface area contributed by atoms with Gasteiger partial charge in [0.2, 0.25) is 0 Å². The standard InChI is InChI=1S/C21H29NO6/c1-20(2,3)27-18(24)22(19(25)28-21(4,5)6)14-8-9-15-10-12-16(13-11-15)17(23)26-7/h8-13H,14H2,1-7H3/b9-8+. The van der Waals surface area contributed by atoms with Crippen molar-refractivity contribution >= 4 is 24.2 Å². The highest BCUT2D eigenvalue weighted by Gasteiger charge is 2.30. The third-order valence-electron chi connectivity index (χ3n) is 3.16. The summed E-state index contributed by atoms with van der Waals surface area (Å²) >= 11 is 0. The molecule has 0 N–H and O–H groups in total. The molecule has 7 nitrogen and oxygen atoms in total. The lowest BCUT2D eigenvalue weighted by molar-refractivity contribution is 0.00374. The molecule has 1 aromatic rings. The predicted octanol–water partition coefficient (Wildman–Crippen LogP) is 4.66. The minimum atomic E-state index is -0.785. The smallest absolute Gasteiger partial charge is 0.420 e. The van der Waals surface area contributed by atoms with E-state index in [-0.39, 0.29) is 6.54 Å². The lowest BCUT2D eigenvalue weighted by Gasteiger charge is -2.28. The number of ether oxygens (including phenoxy) is 3. The van der Waals surface area contributed by atoms with Crippen molar-refractivity contribution in [3.8, 4) is 0 Å². The first kappa shape index (κ1) is 23.2. The van der Waals surface area contributed by atoms with Crippen LogP contribution >= 0.6 is 0 Å². The molecule has 0 bridgehead atoms.